The van der Waals surface area contributed by atoms with Crippen molar-refractivity contribution in [1.82, 2.24) is 34.2 Å². The number of carbonyl (C=O) groups excluding carboxylic acids is 4. The number of rotatable bonds is 21. The number of nitrogens with one attached hydrogen (secondary N) is 2. The van der Waals surface area contributed by atoms with Gasteiger partial charge in [0.05, 0.1) is 47.4 Å². The van der Waals surface area contributed by atoms with Gasteiger partial charge in [0.15, 0.2) is 17.2 Å². The van der Waals surface area contributed by atoms with Crippen LogP contribution in [0.3, 0.4) is 0 Å². The summed E-state index contributed by atoms with van der Waals surface area (Å²) < 4.78 is 64.1. The molecule has 1 atom stereocenters. The Labute approximate surface area is 370 Å². The molecule has 2 aliphatic rings. The van der Waals surface area contributed by atoms with Crippen molar-refractivity contribution in [2.45, 2.75) is 76.7 Å². The Morgan fingerprint density at radius 3 is 2.51 bits per heavy atom. The second-order valence-corrected chi connectivity index (χ2v) is 16.2. The highest BCUT2D eigenvalue weighted by atomic mass is 19.3. The normalized spacial score (nSPS) is 15.2. The van der Waals surface area contributed by atoms with Crippen LogP contribution in [0.25, 0.3) is 28.2 Å². The number of alkyl halides is 2. The molecule has 0 radical (unpaired) electrons. The van der Waals surface area contributed by atoms with Crippen LogP contribution in [0.15, 0.2) is 76.4 Å². The molecule has 1 unspecified atom stereocenters. The maximum atomic E-state index is 15.2. The number of halogens is 3. The first kappa shape index (κ1) is 44.9. The maximum absolute atomic E-state index is 15.2. The number of fused-ring (bicyclic) bond motifs is 1. The fourth-order valence-corrected chi connectivity index (χ4v) is 7.82. The average molecular weight is 897 g/mol. The zero-order valence-electron chi connectivity index (χ0n) is 35.6. The Morgan fingerprint density at radius 1 is 0.954 bits per heavy atom. The number of pyridine rings is 1. The third-order valence-electron chi connectivity index (χ3n) is 11.5. The molecule has 0 bridgehead atoms. The molecule has 340 valence electrons. The first-order chi connectivity index (χ1) is 31.4. The van der Waals surface area contributed by atoms with Gasteiger partial charge in [0.25, 0.3) is 12.3 Å². The van der Waals surface area contributed by atoms with E-state index in [-0.39, 0.29) is 66.0 Å². The lowest BCUT2D eigenvalue weighted by Crippen LogP contribution is -2.44. The highest BCUT2D eigenvalue weighted by Crippen LogP contribution is 2.34. The van der Waals surface area contributed by atoms with Crippen molar-refractivity contribution in [1.29, 1.82) is 0 Å². The molecule has 5 heterocycles. The van der Waals surface area contributed by atoms with Crippen LogP contribution >= 0.6 is 0 Å². The smallest absolute Gasteiger partial charge is 0.329 e. The van der Waals surface area contributed by atoms with Crippen LogP contribution in [0.4, 0.5) is 18.9 Å². The molecule has 2 fully saturated rings. The average Bonchev–Trinajstić information content (AvgIpc) is 3.70. The fraction of sp³-hybridized carbons (Fsp3) is 0.391. The Bertz CT molecular complexity index is 2790. The molecule has 1 aliphatic carbocycles. The number of Topliss-reactive ketones (excluding diaryl/α,β-unsaturated/α-hetero) is 1. The summed E-state index contributed by atoms with van der Waals surface area (Å²) in [5.74, 6) is -2.05. The predicted octanol–water partition coefficient (Wildman–Crippen LogP) is 6.85. The summed E-state index contributed by atoms with van der Waals surface area (Å²) in [4.78, 5) is 71.6. The number of nitrogens with zero attached hydrogens (tertiary/aromatic N) is 6. The van der Waals surface area contributed by atoms with Gasteiger partial charge >= 0.3 is 5.69 Å². The molecule has 4 aromatic heterocycles. The van der Waals surface area contributed by atoms with E-state index in [1.165, 1.54) is 34.1 Å². The number of anilines is 1. The summed E-state index contributed by atoms with van der Waals surface area (Å²) in [5, 5.41) is 8.60. The van der Waals surface area contributed by atoms with Gasteiger partial charge in [0, 0.05) is 56.6 Å². The van der Waals surface area contributed by atoms with E-state index < -0.39 is 41.6 Å². The quantitative estimate of drug-likeness (QED) is 0.0436. The number of ether oxygens (including phenoxy) is 2. The molecule has 65 heavy (non-hydrogen) atoms. The van der Waals surface area contributed by atoms with Gasteiger partial charge in [-0.05, 0) is 86.4 Å². The third-order valence-corrected chi connectivity index (χ3v) is 11.5. The number of piperidine rings is 1. The Balaban J connectivity index is 0.756. The van der Waals surface area contributed by atoms with Crippen LogP contribution in [0.2, 0.25) is 0 Å². The second-order valence-electron chi connectivity index (χ2n) is 16.2. The van der Waals surface area contributed by atoms with Crippen molar-refractivity contribution in [3.05, 3.63) is 112 Å². The molecule has 8 rings (SSSR count). The van der Waals surface area contributed by atoms with Gasteiger partial charge in [-0.1, -0.05) is 18.9 Å². The first-order valence-electron chi connectivity index (χ1n) is 21.6. The Morgan fingerprint density at radius 2 is 1.75 bits per heavy atom. The summed E-state index contributed by atoms with van der Waals surface area (Å²) >= 11 is 0. The summed E-state index contributed by atoms with van der Waals surface area (Å²) in [6.07, 6.45) is 7.32. The third kappa shape index (κ3) is 10.6. The van der Waals surface area contributed by atoms with Gasteiger partial charge in [0.2, 0.25) is 17.7 Å². The molecule has 16 nitrogen and oxygen atoms in total. The topological polar surface area (TPSA) is 194 Å². The molecular weight excluding hydrogens is 850 g/mol. The Hall–Kier alpha value is -6.73. The van der Waals surface area contributed by atoms with Gasteiger partial charge in [-0.25, -0.2) is 27.6 Å². The summed E-state index contributed by atoms with van der Waals surface area (Å²) in [6.45, 7) is 1.32. The molecular formula is C46H47F3N8O8. The van der Waals surface area contributed by atoms with Gasteiger partial charge < -0.3 is 19.2 Å². The van der Waals surface area contributed by atoms with Crippen molar-refractivity contribution in [3.63, 3.8) is 0 Å². The lowest BCUT2D eigenvalue weighted by Gasteiger charge is -2.21. The van der Waals surface area contributed by atoms with E-state index in [9.17, 15) is 32.8 Å². The predicted molar refractivity (Wildman–Crippen MR) is 229 cm³/mol. The van der Waals surface area contributed by atoms with Crippen molar-refractivity contribution < 1.29 is 46.2 Å². The van der Waals surface area contributed by atoms with Gasteiger partial charge in [-0.2, -0.15) is 5.10 Å². The van der Waals surface area contributed by atoms with Crippen LogP contribution in [0.5, 0.6) is 0 Å². The monoisotopic (exact) mass is 896 g/mol. The molecule has 19 heteroatoms. The lowest BCUT2D eigenvalue weighted by atomic mass is 10.1. The molecule has 2 N–H and O–H groups in total. The number of hydrogen-bond acceptors (Lipinski definition) is 11. The number of imide groups is 1. The maximum Gasteiger partial charge on any atom is 0.329 e. The highest BCUT2D eigenvalue weighted by Gasteiger charge is 2.31. The molecule has 6 aromatic rings. The van der Waals surface area contributed by atoms with Crippen molar-refractivity contribution in [2.75, 3.05) is 31.7 Å². The first-order valence-corrected chi connectivity index (χ1v) is 21.6. The number of benzene rings is 2. The number of aromatic nitrogens is 6. The van der Waals surface area contributed by atoms with Crippen LogP contribution in [0, 0.1) is 11.7 Å². The second kappa shape index (κ2) is 20.0. The van der Waals surface area contributed by atoms with Gasteiger partial charge in [0.1, 0.15) is 18.1 Å². The number of ketones is 1. The Kier molecular flexibility index (Phi) is 13.8. The molecule has 1 saturated heterocycles. The van der Waals surface area contributed by atoms with Crippen LogP contribution in [-0.2, 0) is 39.0 Å². The van der Waals surface area contributed by atoms with Crippen molar-refractivity contribution in [3.8, 4) is 17.1 Å². The molecule has 2 aromatic carbocycles. The minimum absolute atomic E-state index is 0.00393. The van der Waals surface area contributed by atoms with Gasteiger partial charge in [-0.3, -0.25) is 38.6 Å². The van der Waals surface area contributed by atoms with E-state index in [1.807, 2.05) is 24.3 Å². The number of imidazole rings is 1. The zero-order chi connectivity index (χ0) is 45.6. The number of amides is 3. The standard InChI is InChI=1S/C46H47F3N8O8/c1-55-38-22-28(9-13-36(38)57(46(55)62)37-14-15-40(59)53-44(37)61)4-2-18-63-20-21-64-19-3-5-39(58)32-12-11-31(24-33(32)47)56-25-34(41(54-56)42(48)49)51-43(60)35-26-65-45(52-35)29-16-17-50-30(23-29)10-8-27-6-7-27/h9,11-13,16-17,22-27,37,42H,2-8,10,14-15,18-21H2,1H3,(H,51,60)(H,53,59,61). The SMILES string of the molecule is Cn1c(=O)n(C2CCC(=O)NC2=O)c2ccc(CCCOCCOCCCC(=O)c3ccc(-n4cc(NC(=O)c5coc(-c6ccnc(CCC7CC7)c6)n5)c(C(F)F)n4)cc3F)cc21. The van der Waals surface area contributed by atoms with Crippen molar-refractivity contribution in [2.24, 2.45) is 13.0 Å². The van der Waals surface area contributed by atoms with E-state index in [2.05, 4.69) is 25.7 Å². The van der Waals surface area contributed by atoms with Gasteiger partial charge in [-0.15, -0.1) is 0 Å². The van der Waals surface area contributed by atoms with Crippen molar-refractivity contribution >= 4 is 40.2 Å². The molecule has 3 amide bonds. The molecule has 0 spiro atoms. The van der Waals surface area contributed by atoms with E-state index in [4.69, 9.17) is 13.9 Å². The van der Waals surface area contributed by atoms with Crippen LogP contribution in [-0.4, -0.2) is 78.8 Å². The summed E-state index contributed by atoms with van der Waals surface area (Å²) in [5.41, 5.74) is 2.18. The highest BCUT2D eigenvalue weighted by molar-refractivity contribution is 6.03. The van der Waals surface area contributed by atoms with Crippen LogP contribution < -0.4 is 16.3 Å². The van der Waals surface area contributed by atoms with E-state index in [0.29, 0.717) is 55.7 Å². The summed E-state index contributed by atoms with van der Waals surface area (Å²) in [7, 11) is 1.65. The summed E-state index contributed by atoms with van der Waals surface area (Å²) in [6, 6.07) is 12.1. The zero-order valence-corrected chi connectivity index (χ0v) is 35.6. The van der Waals surface area contributed by atoms with Crippen LogP contribution in [0.1, 0.15) is 102 Å². The van der Waals surface area contributed by atoms with E-state index in [1.54, 1.807) is 19.3 Å². The number of aryl methyl sites for hydroxylation is 3. The largest absolute Gasteiger partial charge is 0.444 e. The number of oxazole rings is 1. The number of carbonyl (C=O) groups is 4. The van der Waals surface area contributed by atoms with E-state index in [0.717, 1.165) is 53.2 Å². The minimum Gasteiger partial charge on any atom is -0.444 e. The fourth-order valence-electron chi connectivity index (χ4n) is 7.82. The lowest BCUT2D eigenvalue weighted by molar-refractivity contribution is -0.135. The molecule has 1 aliphatic heterocycles. The minimum atomic E-state index is -3.08. The number of hydrogen-bond donors (Lipinski definition) is 2. The molecule has 1 saturated carbocycles. The van der Waals surface area contributed by atoms with E-state index >= 15 is 4.39 Å².